The Morgan fingerprint density at radius 3 is 1.94 bits per heavy atom. The zero-order chi connectivity index (χ0) is 13.4. The van der Waals surface area contributed by atoms with Gasteiger partial charge in [0, 0.05) is 12.6 Å². The SMILES string of the molecule is [CH2]C(CNC(=O)CC(C)=O)NC(=O)CC(C)=O. The molecule has 0 bridgehead atoms. The molecule has 0 fully saturated rings. The molecule has 0 spiro atoms. The molecule has 0 saturated carbocycles. The van der Waals surface area contributed by atoms with Crippen LogP contribution in [0.5, 0.6) is 0 Å². The molecule has 0 saturated heterocycles. The standard InChI is InChI=1S/C11H17N2O4/c1-7(13-11(17)5-9(3)15)6-12-10(16)4-8(2)14/h7H,1,4-6H2,2-3H3,(H,12,16)(H,13,17). The summed E-state index contributed by atoms with van der Waals surface area (Å²) in [6.07, 6.45) is -0.387. The Hall–Kier alpha value is -1.72. The fraction of sp³-hybridized carbons (Fsp3) is 0.545. The normalized spacial score (nSPS) is 11.5. The first kappa shape index (κ1) is 15.3. The predicted molar refractivity (Wildman–Crippen MR) is 60.9 cm³/mol. The first-order chi connectivity index (χ1) is 7.81. The van der Waals surface area contributed by atoms with Crippen molar-refractivity contribution in [2.45, 2.75) is 32.7 Å². The number of carbonyl (C=O) groups is 4. The molecule has 0 aliphatic carbocycles. The summed E-state index contributed by atoms with van der Waals surface area (Å²) >= 11 is 0. The highest BCUT2D eigenvalue weighted by atomic mass is 16.2. The molecular formula is C11H17N2O4. The maximum absolute atomic E-state index is 11.1. The van der Waals surface area contributed by atoms with Crippen molar-refractivity contribution in [3.63, 3.8) is 0 Å². The van der Waals surface area contributed by atoms with Crippen LogP contribution in [0.25, 0.3) is 0 Å². The molecule has 0 aliphatic rings. The minimum absolute atomic E-state index is 0.121. The highest BCUT2D eigenvalue weighted by Crippen LogP contribution is 1.87. The van der Waals surface area contributed by atoms with E-state index < -0.39 is 17.9 Å². The minimum atomic E-state index is -0.530. The second kappa shape index (κ2) is 7.54. The molecule has 6 heteroatoms. The maximum atomic E-state index is 11.1. The van der Waals surface area contributed by atoms with E-state index in [1.165, 1.54) is 13.8 Å². The average molecular weight is 241 g/mol. The third-order valence-corrected chi connectivity index (χ3v) is 1.73. The number of hydrogen-bond donors (Lipinski definition) is 2. The molecule has 0 aromatic carbocycles. The van der Waals surface area contributed by atoms with E-state index in [1.54, 1.807) is 0 Å². The fourth-order valence-electron chi connectivity index (χ4n) is 1.08. The number of Topliss-reactive ketones (excluding diaryl/α,β-unsaturated/α-hetero) is 2. The van der Waals surface area contributed by atoms with Gasteiger partial charge in [0.15, 0.2) is 0 Å². The number of carbonyl (C=O) groups excluding carboxylic acids is 4. The Bertz CT molecular complexity index is 325. The Balaban J connectivity index is 3.83. The highest BCUT2D eigenvalue weighted by molar-refractivity contribution is 5.97. The van der Waals surface area contributed by atoms with Crippen LogP contribution in [0.2, 0.25) is 0 Å². The van der Waals surface area contributed by atoms with Crippen molar-refractivity contribution in [3.05, 3.63) is 6.92 Å². The number of hydrogen-bond acceptors (Lipinski definition) is 4. The largest absolute Gasteiger partial charge is 0.354 e. The first-order valence-corrected chi connectivity index (χ1v) is 5.19. The summed E-state index contributed by atoms with van der Waals surface area (Å²) in [7, 11) is 0. The quantitative estimate of drug-likeness (QED) is 0.581. The number of nitrogens with one attached hydrogen (secondary N) is 2. The Morgan fingerprint density at radius 2 is 1.47 bits per heavy atom. The molecule has 0 heterocycles. The van der Waals surface area contributed by atoms with Crippen molar-refractivity contribution < 1.29 is 19.2 Å². The summed E-state index contributed by atoms with van der Waals surface area (Å²) in [4.78, 5) is 43.5. The third-order valence-electron chi connectivity index (χ3n) is 1.73. The monoisotopic (exact) mass is 241 g/mol. The number of ketones is 2. The van der Waals surface area contributed by atoms with Gasteiger partial charge in [-0.3, -0.25) is 19.2 Å². The molecule has 1 atom stereocenters. The van der Waals surface area contributed by atoms with Gasteiger partial charge in [0.25, 0.3) is 0 Å². The van der Waals surface area contributed by atoms with E-state index in [4.69, 9.17) is 0 Å². The van der Waals surface area contributed by atoms with Gasteiger partial charge in [0.05, 0.1) is 12.8 Å². The molecule has 1 unspecified atom stereocenters. The zero-order valence-corrected chi connectivity index (χ0v) is 10.0. The van der Waals surface area contributed by atoms with Crippen LogP contribution in [0.15, 0.2) is 0 Å². The van der Waals surface area contributed by atoms with Crippen molar-refractivity contribution in [2.24, 2.45) is 0 Å². The Kier molecular flexibility index (Phi) is 6.77. The predicted octanol–water partition coefficient (Wildman–Crippen LogP) is -0.620. The van der Waals surface area contributed by atoms with E-state index in [0.29, 0.717) is 0 Å². The van der Waals surface area contributed by atoms with Crippen LogP contribution in [0.3, 0.4) is 0 Å². The van der Waals surface area contributed by atoms with Gasteiger partial charge < -0.3 is 10.6 Å². The lowest BCUT2D eigenvalue weighted by atomic mass is 10.2. The van der Waals surface area contributed by atoms with Crippen LogP contribution >= 0.6 is 0 Å². The maximum Gasteiger partial charge on any atom is 0.227 e. The van der Waals surface area contributed by atoms with E-state index in [9.17, 15) is 19.2 Å². The number of rotatable bonds is 7. The second-order valence-corrected chi connectivity index (χ2v) is 3.83. The van der Waals surface area contributed by atoms with Gasteiger partial charge in [-0.25, -0.2) is 0 Å². The highest BCUT2D eigenvalue weighted by Gasteiger charge is 2.11. The molecule has 1 radical (unpaired) electrons. The molecule has 0 aromatic heterocycles. The van der Waals surface area contributed by atoms with E-state index in [0.717, 1.165) is 0 Å². The lowest BCUT2D eigenvalue weighted by molar-refractivity contribution is -0.129. The molecule has 2 N–H and O–H groups in total. The molecule has 6 nitrogen and oxygen atoms in total. The van der Waals surface area contributed by atoms with E-state index >= 15 is 0 Å². The molecule has 17 heavy (non-hydrogen) atoms. The molecule has 95 valence electrons. The van der Waals surface area contributed by atoms with Crippen LogP contribution in [0, 0.1) is 6.92 Å². The molecule has 0 aromatic rings. The summed E-state index contributed by atoms with van der Waals surface area (Å²) < 4.78 is 0. The van der Waals surface area contributed by atoms with E-state index in [1.807, 2.05) is 0 Å². The lowest BCUT2D eigenvalue weighted by Crippen LogP contribution is -2.42. The Morgan fingerprint density at radius 1 is 1.00 bits per heavy atom. The van der Waals surface area contributed by atoms with Gasteiger partial charge in [-0.1, -0.05) is 0 Å². The molecular weight excluding hydrogens is 224 g/mol. The summed E-state index contributed by atoms with van der Waals surface area (Å²) in [6, 6.07) is -0.530. The summed E-state index contributed by atoms with van der Waals surface area (Å²) in [5, 5.41) is 4.90. The summed E-state index contributed by atoms with van der Waals surface area (Å²) in [5.41, 5.74) is 0. The molecule has 0 aliphatic heterocycles. The second-order valence-electron chi connectivity index (χ2n) is 3.83. The minimum Gasteiger partial charge on any atom is -0.354 e. The van der Waals surface area contributed by atoms with Crippen LogP contribution < -0.4 is 10.6 Å². The van der Waals surface area contributed by atoms with Gasteiger partial charge in [0.2, 0.25) is 11.8 Å². The van der Waals surface area contributed by atoms with Crippen molar-refractivity contribution in [1.82, 2.24) is 10.6 Å². The number of amides is 2. The van der Waals surface area contributed by atoms with Gasteiger partial charge >= 0.3 is 0 Å². The van der Waals surface area contributed by atoms with E-state index in [2.05, 4.69) is 17.6 Å². The van der Waals surface area contributed by atoms with Crippen molar-refractivity contribution >= 4 is 23.4 Å². The zero-order valence-electron chi connectivity index (χ0n) is 10.0. The van der Waals surface area contributed by atoms with Crippen LogP contribution in [-0.4, -0.2) is 36.0 Å². The fourth-order valence-corrected chi connectivity index (χ4v) is 1.08. The van der Waals surface area contributed by atoms with Crippen molar-refractivity contribution in [1.29, 1.82) is 0 Å². The van der Waals surface area contributed by atoms with Crippen molar-refractivity contribution in [2.75, 3.05) is 6.54 Å². The van der Waals surface area contributed by atoms with Gasteiger partial charge in [-0.2, -0.15) is 0 Å². The van der Waals surface area contributed by atoms with Crippen LogP contribution in [0.4, 0.5) is 0 Å². The van der Waals surface area contributed by atoms with Crippen molar-refractivity contribution in [3.8, 4) is 0 Å². The molecule has 0 rings (SSSR count). The smallest absolute Gasteiger partial charge is 0.227 e. The average Bonchev–Trinajstić information content (AvgIpc) is 2.12. The summed E-state index contributed by atoms with van der Waals surface area (Å²) in [6.45, 7) is 6.34. The van der Waals surface area contributed by atoms with Crippen LogP contribution in [-0.2, 0) is 19.2 Å². The third kappa shape index (κ3) is 9.22. The lowest BCUT2D eigenvalue weighted by Gasteiger charge is -2.13. The Labute approximate surface area is 100 Å². The van der Waals surface area contributed by atoms with Crippen LogP contribution in [0.1, 0.15) is 26.7 Å². The van der Waals surface area contributed by atoms with Gasteiger partial charge in [-0.05, 0) is 20.8 Å². The first-order valence-electron chi connectivity index (χ1n) is 5.19. The molecule has 2 amide bonds. The van der Waals surface area contributed by atoms with E-state index in [-0.39, 0.29) is 31.0 Å². The van der Waals surface area contributed by atoms with Gasteiger partial charge in [0.1, 0.15) is 11.6 Å². The van der Waals surface area contributed by atoms with Gasteiger partial charge in [-0.15, -0.1) is 0 Å². The summed E-state index contributed by atoms with van der Waals surface area (Å²) in [5.74, 6) is -1.32. The topological polar surface area (TPSA) is 92.3 Å².